The molecule has 0 saturated carbocycles. The van der Waals surface area contributed by atoms with Crippen LogP contribution in [0.5, 0.6) is 5.75 Å². The van der Waals surface area contributed by atoms with Crippen molar-refractivity contribution in [3.8, 4) is 5.75 Å². The van der Waals surface area contributed by atoms with Gasteiger partial charge in [-0.1, -0.05) is 19.1 Å². The van der Waals surface area contributed by atoms with E-state index in [4.69, 9.17) is 4.74 Å². The number of aliphatic hydroxyl groups excluding tert-OH is 1. The van der Waals surface area contributed by atoms with Gasteiger partial charge in [0.25, 0.3) is 0 Å². The molecule has 0 saturated heterocycles. The molecule has 0 spiro atoms. The van der Waals surface area contributed by atoms with E-state index in [9.17, 15) is 5.11 Å². The second-order valence-electron chi connectivity index (χ2n) is 5.41. The quantitative estimate of drug-likeness (QED) is 0.885. The molecule has 0 aromatic heterocycles. The van der Waals surface area contributed by atoms with Gasteiger partial charge in [-0.2, -0.15) is 0 Å². The van der Waals surface area contributed by atoms with E-state index in [0.29, 0.717) is 6.04 Å². The first-order valence-corrected chi connectivity index (χ1v) is 7.19. The highest BCUT2D eigenvalue weighted by Crippen LogP contribution is 2.39. The van der Waals surface area contributed by atoms with Crippen molar-refractivity contribution in [2.24, 2.45) is 0 Å². The molecule has 2 atom stereocenters. The molecule has 19 heavy (non-hydrogen) atoms. The van der Waals surface area contributed by atoms with E-state index in [1.54, 1.807) is 7.11 Å². The number of nitrogens with zero attached hydrogens (tertiary/aromatic N) is 1. The molecule has 1 aliphatic rings. The minimum Gasteiger partial charge on any atom is -0.496 e. The third-order valence-electron chi connectivity index (χ3n) is 4.26. The predicted octanol–water partition coefficient (Wildman–Crippen LogP) is 2.43. The first-order valence-electron chi connectivity index (χ1n) is 7.19. The molecule has 0 fully saturated rings. The fraction of sp³-hybridized carbons (Fsp3) is 0.625. The lowest BCUT2D eigenvalue weighted by molar-refractivity contribution is 0.141. The van der Waals surface area contributed by atoms with E-state index in [-0.39, 0.29) is 12.5 Å². The highest BCUT2D eigenvalue weighted by atomic mass is 16.5. The van der Waals surface area contributed by atoms with Gasteiger partial charge in [0.1, 0.15) is 5.75 Å². The molecule has 3 nitrogen and oxygen atoms in total. The van der Waals surface area contributed by atoms with E-state index >= 15 is 0 Å². The Kier molecular flexibility index (Phi) is 4.83. The summed E-state index contributed by atoms with van der Waals surface area (Å²) in [5, 5.41) is 9.86. The summed E-state index contributed by atoms with van der Waals surface area (Å²) in [5.41, 5.74) is 2.55. The van der Waals surface area contributed by atoms with Gasteiger partial charge in [-0.05, 0) is 44.5 Å². The summed E-state index contributed by atoms with van der Waals surface area (Å²) in [6.45, 7) is 3.46. The highest BCUT2D eigenvalue weighted by Gasteiger charge is 2.33. The lowest BCUT2D eigenvalue weighted by Crippen LogP contribution is -2.41. The predicted molar refractivity (Wildman–Crippen MR) is 77.9 cm³/mol. The number of rotatable bonds is 5. The van der Waals surface area contributed by atoms with Gasteiger partial charge < -0.3 is 14.7 Å². The van der Waals surface area contributed by atoms with Crippen molar-refractivity contribution in [2.45, 2.75) is 38.1 Å². The molecule has 0 amide bonds. The minimum atomic E-state index is 0.163. The molecular weight excluding hydrogens is 238 g/mol. The Morgan fingerprint density at radius 3 is 2.84 bits per heavy atom. The topological polar surface area (TPSA) is 32.7 Å². The molecule has 0 unspecified atom stereocenters. The number of benzene rings is 1. The van der Waals surface area contributed by atoms with E-state index in [1.807, 2.05) is 12.1 Å². The van der Waals surface area contributed by atoms with Crippen LogP contribution in [0.25, 0.3) is 0 Å². The van der Waals surface area contributed by atoms with E-state index < -0.39 is 0 Å². The Morgan fingerprint density at radius 1 is 1.42 bits per heavy atom. The highest BCUT2D eigenvalue weighted by molar-refractivity contribution is 5.45. The maximum atomic E-state index is 9.86. The number of fused-ring (bicyclic) bond motifs is 1. The lowest BCUT2D eigenvalue weighted by Gasteiger charge is -2.39. The molecule has 1 aromatic carbocycles. The summed E-state index contributed by atoms with van der Waals surface area (Å²) in [6.07, 6.45) is 3.33. The van der Waals surface area contributed by atoms with Crippen LogP contribution in [0.2, 0.25) is 0 Å². The fourth-order valence-electron chi connectivity index (χ4n) is 3.36. The number of aryl methyl sites for hydroxylation is 1. The van der Waals surface area contributed by atoms with Crippen LogP contribution in [0.15, 0.2) is 18.2 Å². The maximum Gasteiger partial charge on any atom is 0.122 e. The van der Waals surface area contributed by atoms with E-state index in [0.717, 1.165) is 31.6 Å². The molecule has 3 heteroatoms. The van der Waals surface area contributed by atoms with Crippen molar-refractivity contribution in [3.05, 3.63) is 29.3 Å². The molecule has 0 radical (unpaired) electrons. The number of ether oxygens (including phenoxy) is 1. The maximum absolute atomic E-state index is 9.86. The van der Waals surface area contributed by atoms with Crippen molar-refractivity contribution in [2.75, 3.05) is 27.3 Å². The van der Waals surface area contributed by atoms with Gasteiger partial charge in [0.05, 0.1) is 13.7 Å². The van der Waals surface area contributed by atoms with Crippen molar-refractivity contribution in [3.63, 3.8) is 0 Å². The third-order valence-corrected chi connectivity index (χ3v) is 4.26. The minimum absolute atomic E-state index is 0.163. The van der Waals surface area contributed by atoms with Crippen LogP contribution >= 0.6 is 0 Å². The average Bonchev–Trinajstić information content (AvgIpc) is 2.45. The summed E-state index contributed by atoms with van der Waals surface area (Å²) in [6, 6.07) is 6.62. The van der Waals surface area contributed by atoms with Gasteiger partial charge in [-0.3, -0.25) is 0 Å². The summed E-state index contributed by atoms with van der Waals surface area (Å²) in [7, 11) is 3.88. The lowest BCUT2D eigenvalue weighted by atomic mass is 9.78. The van der Waals surface area contributed by atoms with Crippen LogP contribution in [-0.2, 0) is 6.42 Å². The van der Waals surface area contributed by atoms with Crippen LogP contribution in [-0.4, -0.2) is 43.4 Å². The Bertz CT molecular complexity index is 405. The Morgan fingerprint density at radius 2 is 2.21 bits per heavy atom. The standard InChI is InChI=1S/C16H25NO2/c1-4-10-17(2)14-9-8-12-6-5-7-15(19-3)16(12)13(14)11-18/h5-7,13-14,18H,4,8-11H2,1-3H3/t13-,14-/m0/s1. The first kappa shape index (κ1) is 14.4. The second-order valence-corrected chi connectivity index (χ2v) is 5.41. The number of hydrogen-bond acceptors (Lipinski definition) is 3. The number of aliphatic hydroxyl groups is 1. The number of hydrogen-bond donors (Lipinski definition) is 1. The van der Waals surface area contributed by atoms with E-state index in [1.165, 1.54) is 11.1 Å². The molecule has 0 aliphatic heterocycles. The zero-order chi connectivity index (χ0) is 13.8. The molecular formula is C16H25NO2. The van der Waals surface area contributed by atoms with Crippen molar-refractivity contribution < 1.29 is 9.84 Å². The van der Waals surface area contributed by atoms with Crippen LogP contribution < -0.4 is 4.74 Å². The van der Waals surface area contributed by atoms with Gasteiger partial charge in [-0.15, -0.1) is 0 Å². The molecule has 106 valence electrons. The zero-order valence-electron chi connectivity index (χ0n) is 12.2. The van der Waals surface area contributed by atoms with Crippen LogP contribution in [0.4, 0.5) is 0 Å². The Labute approximate surface area is 116 Å². The van der Waals surface area contributed by atoms with Gasteiger partial charge in [0, 0.05) is 17.5 Å². The Hall–Kier alpha value is -1.06. The van der Waals surface area contributed by atoms with Crippen molar-refractivity contribution in [1.29, 1.82) is 0 Å². The fourth-order valence-corrected chi connectivity index (χ4v) is 3.36. The van der Waals surface area contributed by atoms with Crippen LogP contribution in [0.3, 0.4) is 0 Å². The normalized spacial score (nSPS) is 22.4. The summed E-state index contributed by atoms with van der Waals surface area (Å²) in [4.78, 5) is 2.39. The average molecular weight is 263 g/mol. The molecule has 1 aliphatic carbocycles. The zero-order valence-corrected chi connectivity index (χ0v) is 12.2. The van der Waals surface area contributed by atoms with Crippen molar-refractivity contribution >= 4 is 0 Å². The van der Waals surface area contributed by atoms with Gasteiger partial charge in [0.2, 0.25) is 0 Å². The SMILES string of the molecule is CCCN(C)[C@H]1CCc2cccc(OC)c2[C@H]1CO. The molecule has 2 rings (SSSR count). The molecule has 1 N–H and O–H groups in total. The molecule has 0 heterocycles. The molecule has 0 bridgehead atoms. The largest absolute Gasteiger partial charge is 0.496 e. The summed E-state index contributed by atoms with van der Waals surface area (Å²) in [5.74, 6) is 1.09. The van der Waals surface area contributed by atoms with Gasteiger partial charge in [-0.25, -0.2) is 0 Å². The Balaban J connectivity index is 2.34. The monoisotopic (exact) mass is 263 g/mol. The third kappa shape index (κ3) is 2.77. The van der Waals surface area contributed by atoms with Crippen LogP contribution in [0, 0.1) is 0 Å². The summed E-state index contributed by atoms with van der Waals surface area (Å²) < 4.78 is 5.50. The van der Waals surface area contributed by atoms with Gasteiger partial charge >= 0.3 is 0 Å². The number of methoxy groups -OCH3 is 1. The molecule has 1 aromatic rings. The van der Waals surface area contributed by atoms with Crippen LogP contribution in [0.1, 0.15) is 36.8 Å². The van der Waals surface area contributed by atoms with Gasteiger partial charge in [0.15, 0.2) is 0 Å². The second kappa shape index (κ2) is 6.40. The van der Waals surface area contributed by atoms with Crippen molar-refractivity contribution in [1.82, 2.24) is 4.90 Å². The van der Waals surface area contributed by atoms with E-state index in [2.05, 4.69) is 24.9 Å². The summed E-state index contributed by atoms with van der Waals surface area (Å²) >= 11 is 0. The number of likely N-dealkylation sites (N-methyl/N-ethyl adjacent to an activating group) is 1. The first-order chi connectivity index (χ1) is 9.22. The smallest absolute Gasteiger partial charge is 0.122 e.